The van der Waals surface area contributed by atoms with Gasteiger partial charge in [0.1, 0.15) is 12.4 Å². The molecule has 1 atom stereocenters. The lowest BCUT2D eigenvalue weighted by Crippen LogP contribution is -2.28. The van der Waals surface area contributed by atoms with E-state index in [2.05, 4.69) is 10.1 Å². The van der Waals surface area contributed by atoms with E-state index < -0.39 is 0 Å². The molecule has 1 N–H and O–H groups in total. The summed E-state index contributed by atoms with van der Waals surface area (Å²) in [4.78, 5) is 11.2. The zero-order valence-electron chi connectivity index (χ0n) is 9.94. The summed E-state index contributed by atoms with van der Waals surface area (Å²) in [5.74, 6) is 0.459. The predicted molar refractivity (Wildman–Crippen MR) is 64.3 cm³/mol. The summed E-state index contributed by atoms with van der Waals surface area (Å²) >= 11 is 0. The number of carbonyl (C=O) groups is 1. The molecule has 0 amide bonds. The molecule has 1 aliphatic heterocycles. The van der Waals surface area contributed by atoms with Crippen molar-refractivity contribution in [2.45, 2.75) is 18.9 Å². The molecule has 92 valence electrons. The van der Waals surface area contributed by atoms with Gasteiger partial charge in [0.25, 0.3) is 0 Å². The third-order valence-electron chi connectivity index (χ3n) is 2.89. The maximum absolute atomic E-state index is 11.2. The molecule has 1 unspecified atom stereocenters. The minimum absolute atomic E-state index is 0.325. The fourth-order valence-corrected chi connectivity index (χ4v) is 1.90. The molecule has 1 fully saturated rings. The summed E-state index contributed by atoms with van der Waals surface area (Å²) in [7, 11) is 1.37. The van der Waals surface area contributed by atoms with Gasteiger partial charge >= 0.3 is 5.97 Å². The Morgan fingerprint density at radius 1 is 1.41 bits per heavy atom. The summed E-state index contributed by atoms with van der Waals surface area (Å²) < 4.78 is 10.3. The Balaban J connectivity index is 1.87. The molecular weight excluding hydrogens is 218 g/mol. The van der Waals surface area contributed by atoms with Gasteiger partial charge in [-0.1, -0.05) is 0 Å². The molecule has 1 aromatic carbocycles. The molecule has 1 heterocycles. The Bertz CT molecular complexity index is 369. The number of carbonyl (C=O) groups excluding carboxylic acids is 1. The predicted octanol–water partition coefficient (Wildman–Crippen LogP) is 1.60. The maximum Gasteiger partial charge on any atom is 0.337 e. The molecule has 1 saturated heterocycles. The highest BCUT2D eigenvalue weighted by Gasteiger charge is 2.14. The first-order valence-electron chi connectivity index (χ1n) is 5.84. The Hall–Kier alpha value is -1.55. The van der Waals surface area contributed by atoms with Crippen LogP contribution >= 0.6 is 0 Å². The van der Waals surface area contributed by atoms with Crippen molar-refractivity contribution in [3.8, 4) is 5.75 Å². The first-order valence-corrected chi connectivity index (χ1v) is 5.84. The van der Waals surface area contributed by atoms with Crippen LogP contribution in [0.25, 0.3) is 0 Å². The zero-order chi connectivity index (χ0) is 12.1. The minimum Gasteiger partial charge on any atom is -0.492 e. The lowest BCUT2D eigenvalue weighted by atomic mass is 10.2. The van der Waals surface area contributed by atoms with Gasteiger partial charge in [0.05, 0.1) is 12.7 Å². The number of nitrogens with one attached hydrogen (secondary N) is 1. The van der Waals surface area contributed by atoms with Gasteiger partial charge in [-0.3, -0.25) is 0 Å². The Morgan fingerprint density at radius 2 is 2.18 bits per heavy atom. The summed E-state index contributed by atoms with van der Waals surface area (Å²) in [5, 5.41) is 3.37. The SMILES string of the molecule is COC(=O)c1ccc(OCC2CCCN2)cc1. The standard InChI is InChI=1S/C13H17NO3/c1-16-13(15)10-4-6-12(7-5-10)17-9-11-3-2-8-14-11/h4-7,11,14H,2-3,8-9H2,1H3. The van der Waals surface area contributed by atoms with E-state index in [4.69, 9.17) is 4.74 Å². The minimum atomic E-state index is -0.325. The average molecular weight is 235 g/mol. The van der Waals surface area contributed by atoms with Crippen molar-refractivity contribution >= 4 is 5.97 Å². The van der Waals surface area contributed by atoms with Crippen molar-refractivity contribution in [3.05, 3.63) is 29.8 Å². The number of benzene rings is 1. The number of esters is 1. The van der Waals surface area contributed by atoms with E-state index in [0.717, 1.165) is 12.3 Å². The van der Waals surface area contributed by atoms with Crippen molar-refractivity contribution in [3.63, 3.8) is 0 Å². The second-order valence-corrected chi connectivity index (χ2v) is 4.12. The van der Waals surface area contributed by atoms with Gasteiger partial charge in [-0.25, -0.2) is 4.79 Å². The van der Waals surface area contributed by atoms with E-state index in [1.807, 2.05) is 0 Å². The summed E-state index contributed by atoms with van der Waals surface area (Å²) in [6.07, 6.45) is 2.38. The second-order valence-electron chi connectivity index (χ2n) is 4.12. The van der Waals surface area contributed by atoms with Crippen LogP contribution in [0.4, 0.5) is 0 Å². The first kappa shape index (κ1) is 11.9. The molecule has 0 saturated carbocycles. The Morgan fingerprint density at radius 3 is 2.76 bits per heavy atom. The highest BCUT2D eigenvalue weighted by Crippen LogP contribution is 2.14. The second kappa shape index (κ2) is 5.68. The van der Waals surface area contributed by atoms with Crippen LogP contribution in [0.5, 0.6) is 5.75 Å². The van der Waals surface area contributed by atoms with Gasteiger partial charge < -0.3 is 14.8 Å². The molecule has 1 aromatic rings. The number of methoxy groups -OCH3 is 1. The van der Waals surface area contributed by atoms with Crippen molar-refractivity contribution in [2.75, 3.05) is 20.3 Å². The first-order chi connectivity index (χ1) is 8.29. The molecule has 1 aliphatic rings. The molecule has 0 radical (unpaired) electrons. The number of ether oxygens (including phenoxy) is 2. The number of hydrogen-bond donors (Lipinski definition) is 1. The molecule has 17 heavy (non-hydrogen) atoms. The molecule has 4 nitrogen and oxygen atoms in total. The van der Waals surface area contributed by atoms with E-state index in [0.29, 0.717) is 18.2 Å². The van der Waals surface area contributed by atoms with Crippen LogP contribution in [-0.4, -0.2) is 32.3 Å². The molecule has 0 bridgehead atoms. The zero-order valence-corrected chi connectivity index (χ0v) is 9.94. The van der Waals surface area contributed by atoms with E-state index in [9.17, 15) is 4.79 Å². The van der Waals surface area contributed by atoms with Gasteiger partial charge in [-0.05, 0) is 43.7 Å². The highest BCUT2D eigenvalue weighted by molar-refractivity contribution is 5.89. The van der Waals surface area contributed by atoms with Gasteiger partial charge in [-0.15, -0.1) is 0 Å². The lowest BCUT2D eigenvalue weighted by molar-refractivity contribution is 0.0600. The van der Waals surface area contributed by atoms with Crippen LogP contribution in [0.15, 0.2) is 24.3 Å². The maximum atomic E-state index is 11.2. The molecule has 0 aliphatic carbocycles. The van der Waals surface area contributed by atoms with Gasteiger partial charge in [0.2, 0.25) is 0 Å². The van der Waals surface area contributed by atoms with E-state index >= 15 is 0 Å². The summed E-state index contributed by atoms with van der Waals surface area (Å²) in [6.45, 7) is 1.76. The topological polar surface area (TPSA) is 47.6 Å². The van der Waals surface area contributed by atoms with Gasteiger partial charge in [-0.2, -0.15) is 0 Å². The molecule has 0 aromatic heterocycles. The molecule has 2 rings (SSSR count). The summed E-state index contributed by atoms with van der Waals surface area (Å²) in [6, 6.07) is 7.46. The largest absolute Gasteiger partial charge is 0.492 e. The van der Waals surface area contributed by atoms with Gasteiger partial charge in [0.15, 0.2) is 0 Å². The third kappa shape index (κ3) is 3.20. The van der Waals surface area contributed by atoms with Crippen molar-refractivity contribution in [1.82, 2.24) is 5.32 Å². The Labute approximate surface area is 101 Å². The van der Waals surface area contributed by atoms with Crippen molar-refractivity contribution in [1.29, 1.82) is 0 Å². The van der Waals surface area contributed by atoms with Crippen molar-refractivity contribution in [2.24, 2.45) is 0 Å². The third-order valence-corrected chi connectivity index (χ3v) is 2.89. The average Bonchev–Trinajstić information content (AvgIpc) is 2.89. The summed E-state index contributed by atoms with van der Waals surface area (Å²) in [5.41, 5.74) is 0.541. The lowest BCUT2D eigenvalue weighted by Gasteiger charge is -2.12. The van der Waals surface area contributed by atoms with Crippen LogP contribution in [0.1, 0.15) is 23.2 Å². The fraction of sp³-hybridized carbons (Fsp3) is 0.462. The number of hydrogen-bond acceptors (Lipinski definition) is 4. The monoisotopic (exact) mass is 235 g/mol. The Kier molecular flexibility index (Phi) is 3.98. The van der Waals surface area contributed by atoms with Crippen LogP contribution in [0.2, 0.25) is 0 Å². The molecular formula is C13H17NO3. The van der Waals surface area contributed by atoms with Gasteiger partial charge in [0, 0.05) is 6.04 Å². The van der Waals surface area contributed by atoms with Crippen LogP contribution < -0.4 is 10.1 Å². The highest BCUT2D eigenvalue weighted by atomic mass is 16.5. The van der Waals surface area contributed by atoms with Crippen LogP contribution in [0, 0.1) is 0 Å². The number of rotatable bonds is 4. The van der Waals surface area contributed by atoms with E-state index in [1.165, 1.54) is 20.0 Å². The van der Waals surface area contributed by atoms with E-state index in [1.54, 1.807) is 24.3 Å². The smallest absolute Gasteiger partial charge is 0.337 e. The normalized spacial score (nSPS) is 19.0. The van der Waals surface area contributed by atoms with E-state index in [-0.39, 0.29) is 5.97 Å². The quantitative estimate of drug-likeness (QED) is 0.805. The molecule has 4 heteroatoms. The fourth-order valence-electron chi connectivity index (χ4n) is 1.90. The van der Waals surface area contributed by atoms with Crippen LogP contribution in [-0.2, 0) is 4.74 Å². The van der Waals surface area contributed by atoms with Crippen molar-refractivity contribution < 1.29 is 14.3 Å². The van der Waals surface area contributed by atoms with Crippen LogP contribution in [0.3, 0.4) is 0 Å². The molecule has 0 spiro atoms.